The van der Waals surface area contributed by atoms with E-state index >= 15 is 0 Å². The Kier molecular flexibility index (Phi) is 9.46. The Morgan fingerprint density at radius 3 is 2.18 bits per heavy atom. The number of ether oxygens (including phenoxy) is 1. The fourth-order valence-electron chi connectivity index (χ4n) is 5.84. The summed E-state index contributed by atoms with van der Waals surface area (Å²) in [6.45, 7) is 7.53. The van der Waals surface area contributed by atoms with Gasteiger partial charge in [0.2, 0.25) is 11.8 Å². The van der Waals surface area contributed by atoms with E-state index in [-0.39, 0.29) is 30.9 Å². The third kappa shape index (κ3) is 7.17. The zero-order valence-electron chi connectivity index (χ0n) is 25.8. The van der Waals surface area contributed by atoms with Gasteiger partial charge in [0, 0.05) is 38.8 Å². The number of amides is 4. The summed E-state index contributed by atoms with van der Waals surface area (Å²) >= 11 is 0. The van der Waals surface area contributed by atoms with Crippen LogP contribution in [-0.2, 0) is 33.7 Å². The van der Waals surface area contributed by atoms with Crippen molar-refractivity contribution in [1.82, 2.24) is 9.80 Å². The van der Waals surface area contributed by atoms with Gasteiger partial charge in [0.05, 0.1) is 0 Å². The van der Waals surface area contributed by atoms with Gasteiger partial charge >= 0.3 is 0 Å². The third-order valence-corrected chi connectivity index (χ3v) is 10.2. The van der Waals surface area contributed by atoms with Crippen LogP contribution in [0.15, 0.2) is 66.7 Å². The van der Waals surface area contributed by atoms with Gasteiger partial charge < -0.3 is 15.4 Å². The summed E-state index contributed by atoms with van der Waals surface area (Å²) in [6.07, 6.45) is 3.32. The van der Waals surface area contributed by atoms with Gasteiger partial charge in [-0.1, -0.05) is 68.2 Å². The molecule has 1 saturated heterocycles. The van der Waals surface area contributed by atoms with Crippen molar-refractivity contribution in [2.24, 2.45) is 5.73 Å². The number of nitrogens with zero attached hydrogens (tertiary/aromatic N) is 2. The van der Waals surface area contributed by atoms with Crippen molar-refractivity contribution < 1.29 is 23.9 Å². The number of benzene rings is 3. The van der Waals surface area contributed by atoms with Crippen molar-refractivity contribution in [3.05, 3.63) is 94.5 Å². The Morgan fingerprint density at radius 2 is 1.55 bits per heavy atom. The number of carbonyl (C=O) groups is 4. The molecule has 2 N–H and O–H groups in total. The number of imide groups is 1. The second-order valence-corrected chi connectivity index (χ2v) is 18.6. The molecule has 8 nitrogen and oxygen atoms in total. The maximum absolute atomic E-state index is 13.5. The lowest BCUT2D eigenvalue weighted by Gasteiger charge is -2.35. The van der Waals surface area contributed by atoms with E-state index in [1.807, 2.05) is 30.3 Å². The van der Waals surface area contributed by atoms with Gasteiger partial charge in [-0.15, -0.1) is 0 Å². The Balaban J connectivity index is 1.22. The van der Waals surface area contributed by atoms with E-state index < -0.39 is 20.0 Å². The minimum Gasteiger partial charge on any atom is -0.366 e. The Labute approximate surface area is 260 Å². The number of aryl methyl sites for hydroxylation is 2. The number of hydrogen-bond donors (Lipinski definition) is 1. The topological polar surface area (TPSA) is 110 Å². The molecule has 4 amide bonds. The summed E-state index contributed by atoms with van der Waals surface area (Å²) in [5.41, 5.74) is 11.7. The third-order valence-electron chi connectivity index (χ3n) is 8.51. The van der Waals surface area contributed by atoms with Crippen molar-refractivity contribution in [1.29, 1.82) is 0 Å². The molecule has 2 aliphatic rings. The first-order chi connectivity index (χ1) is 21.0. The lowest BCUT2D eigenvalue weighted by molar-refractivity contribution is -0.158. The molecule has 44 heavy (non-hydrogen) atoms. The van der Waals surface area contributed by atoms with Crippen LogP contribution in [0.2, 0.25) is 25.7 Å². The number of likely N-dealkylation sites (tertiary alicyclic amines) is 1. The maximum Gasteiger partial charge on any atom is 0.255 e. The number of piperidine rings is 1. The molecule has 2 heterocycles. The molecule has 3 aromatic rings. The second-order valence-electron chi connectivity index (χ2n) is 12.9. The van der Waals surface area contributed by atoms with Crippen molar-refractivity contribution in [3.63, 3.8) is 0 Å². The number of rotatable bonds is 12. The summed E-state index contributed by atoms with van der Waals surface area (Å²) in [4.78, 5) is 53.7. The van der Waals surface area contributed by atoms with Crippen LogP contribution in [0.1, 0.15) is 56.7 Å². The van der Waals surface area contributed by atoms with Crippen LogP contribution >= 0.6 is 0 Å². The zero-order valence-corrected chi connectivity index (χ0v) is 26.8. The van der Waals surface area contributed by atoms with Gasteiger partial charge in [-0.25, -0.2) is 0 Å². The van der Waals surface area contributed by atoms with Crippen LogP contribution in [0.4, 0.5) is 0 Å². The maximum atomic E-state index is 13.5. The van der Waals surface area contributed by atoms with E-state index in [4.69, 9.17) is 10.5 Å². The van der Waals surface area contributed by atoms with E-state index in [2.05, 4.69) is 43.9 Å². The first kappa shape index (κ1) is 31.3. The number of primary amides is 1. The normalized spacial score (nSPS) is 16.9. The molecule has 0 spiro atoms. The van der Waals surface area contributed by atoms with Gasteiger partial charge in [0.15, 0.2) is 0 Å². The van der Waals surface area contributed by atoms with Gasteiger partial charge in [-0.05, 0) is 77.7 Å². The highest BCUT2D eigenvalue weighted by Crippen LogP contribution is 2.35. The SMILES string of the molecule is C[Si](C)(C)CCOCN1C(=O)CCC(N2Cc3c(cccc3-c3ccc(CCCc4ccc(C(N)=O)cc4)cc3)C2=O)C1=O. The standard InChI is InChI=1S/C35H41N3O5Si/c1-44(2,3)21-20-43-23-38-32(39)19-18-31(35(38)42)37-22-30-28(8-5-9-29(30)34(37)41)26-14-10-24(11-15-26)6-4-7-25-12-16-27(17-13-25)33(36)40/h5,8-17,31H,4,6-7,18-23H2,1-3H3,(H2,36,40). The fourth-order valence-corrected chi connectivity index (χ4v) is 6.60. The molecule has 2 aliphatic heterocycles. The largest absolute Gasteiger partial charge is 0.366 e. The van der Waals surface area contributed by atoms with Crippen molar-refractivity contribution in [2.75, 3.05) is 13.3 Å². The molecule has 3 aromatic carbocycles. The molecule has 1 unspecified atom stereocenters. The fraction of sp³-hybridized carbons (Fsp3) is 0.371. The van der Waals surface area contributed by atoms with E-state index in [0.717, 1.165) is 42.0 Å². The van der Waals surface area contributed by atoms with Gasteiger partial charge in [0.25, 0.3) is 11.8 Å². The molecule has 5 rings (SSSR count). The Hall–Kier alpha value is -4.08. The van der Waals surface area contributed by atoms with Crippen LogP contribution in [0.25, 0.3) is 11.1 Å². The lowest BCUT2D eigenvalue weighted by Crippen LogP contribution is -2.55. The van der Waals surface area contributed by atoms with Crippen LogP contribution in [0.3, 0.4) is 0 Å². The van der Waals surface area contributed by atoms with E-state index in [1.54, 1.807) is 17.0 Å². The number of hydrogen-bond acceptors (Lipinski definition) is 5. The molecule has 9 heteroatoms. The van der Waals surface area contributed by atoms with Crippen molar-refractivity contribution in [2.45, 2.75) is 70.4 Å². The molecule has 1 fully saturated rings. The molecular weight excluding hydrogens is 570 g/mol. The summed E-state index contributed by atoms with van der Waals surface area (Å²) in [7, 11) is -1.30. The molecule has 230 valence electrons. The first-order valence-corrected chi connectivity index (χ1v) is 19.1. The number of fused-ring (bicyclic) bond motifs is 1. The van der Waals surface area contributed by atoms with E-state index in [0.29, 0.717) is 30.7 Å². The zero-order chi connectivity index (χ0) is 31.4. The van der Waals surface area contributed by atoms with Crippen LogP contribution in [0, 0.1) is 0 Å². The smallest absolute Gasteiger partial charge is 0.255 e. The molecule has 1 atom stereocenters. The van der Waals surface area contributed by atoms with Crippen molar-refractivity contribution in [3.8, 4) is 11.1 Å². The second kappa shape index (κ2) is 13.3. The average molecular weight is 612 g/mol. The highest BCUT2D eigenvalue weighted by Gasteiger charge is 2.43. The van der Waals surface area contributed by atoms with Gasteiger partial charge in [-0.3, -0.25) is 24.1 Å². The summed E-state index contributed by atoms with van der Waals surface area (Å²) in [5, 5.41) is 0. The molecular formula is C35H41N3O5Si. The summed E-state index contributed by atoms with van der Waals surface area (Å²) < 4.78 is 5.74. The van der Waals surface area contributed by atoms with Gasteiger partial charge in [0.1, 0.15) is 12.8 Å². The molecule has 0 aliphatic carbocycles. The molecule has 0 bridgehead atoms. The molecule has 0 saturated carbocycles. The van der Waals surface area contributed by atoms with E-state index in [9.17, 15) is 19.2 Å². The van der Waals surface area contributed by atoms with E-state index in [1.165, 1.54) is 16.0 Å². The predicted molar refractivity (Wildman–Crippen MR) is 173 cm³/mol. The predicted octanol–water partition coefficient (Wildman–Crippen LogP) is 5.41. The first-order valence-electron chi connectivity index (χ1n) is 15.3. The molecule has 0 aromatic heterocycles. The van der Waals surface area contributed by atoms with Crippen molar-refractivity contribution >= 4 is 31.7 Å². The number of carbonyl (C=O) groups excluding carboxylic acids is 4. The quantitative estimate of drug-likeness (QED) is 0.167. The van der Waals surface area contributed by atoms with Crippen LogP contribution in [0.5, 0.6) is 0 Å². The van der Waals surface area contributed by atoms with Crippen LogP contribution < -0.4 is 5.73 Å². The minimum absolute atomic E-state index is 0.0627. The monoisotopic (exact) mass is 611 g/mol. The lowest BCUT2D eigenvalue weighted by atomic mass is 9.95. The van der Waals surface area contributed by atoms with Gasteiger partial charge in [-0.2, -0.15) is 0 Å². The number of nitrogens with two attached hydrogens (primary N) is 1. The Bertz CT molecular complexity index is 1550. The molecule has 0 radical (unpaired) electrons. The highest BCUT2D eigenvalue weighted by molar-refractivity contribution is 6.76. The highest BCUT2D eigenvalue weighted by atomic mass is 28.3. The average Bonchev–Trinajstić information content (AvgIpc) is 3.33. The Morgan fingerprint density at radius 1 is 0.909 bits per heavy atom. The summed E-state index contributed by atoms with van der Waals surface area (Å²) in [5.74, 6) is -1.19. The van der Waals surface area contributed by atoms with Crippen LogP contribution in [-0.4, -0.2) is 60.9 Å². The minimum atomic E-state index is -1.30. The summed E-state index contributed by atoms with van der Waals surface area (Å²) in [6, 6.07) is 21.8.